The van der Waals surface area contributed by atoms with Gasteiger partial charge in [0.2, 0.25) is 0 Å². The summed E-state index contributed by atoms with van der Waals surface area (Å²) in [5.41, 5.74) is -1.28. The summed E-state index contributed by atoms with van der Waals surface area (Å²) in [5, 5.41) is 14.3. The maximum Gasteiger partial charge on any atom is 0.408 e. The molecular formula is C10H18N2O4. The SMILES string of the molecule is CC(C)(C)OC(=O)NC1(CC(=O)O)CNC1. The van der Waals surface area contributed by atoms with Crippen molar-refractivity contribution in [2.75, 3.05) is 13.1 Å². The predicted octanol–water partition coefficient (Wildman–Crippen LogP) is 0.328. The highest BCUT2D eigenvalue weighted by atomic mass is 16.6. The van der Waals surface area contributed by atoms with E-state index in [1.54, 1.807) is 20.8 Å². The molecule has 1 aliphatic heterocycles. The molecule has 16 heavy (non-hydrogen) atoms. The molecule has 0 aromatic heterocycles. The number of amides is 1. The molecule has 6 nitrogen and oxygen atoms in total. The Hall–Kier alpha value is -1.30. The Kier molecular flexibility index (Phi) is 3.42. The van der Waals surface area contributed by atoms with Crippen LogP contribution < -0.4 is 10.6 Å². The van der Waals surface area contributed by atoms with E-state index in [0.29, 0.717) is 13.1 Å². The fourth-order valence-corrected chi connectivity index (χ4v) is 1.49. The van der Waals surface area contributed by atoms with Crippen LogP contribution in [0.25, 0.3) is 0 Å². The van der Waals surface area contributed by atoms with Gasteiger partial charge in [-0.05, 0) is 20.8 Å². The third kappa shape index (κ3) is 3.69. The first-order valence-electron chi connectivity index (χ1n) is 5.16. The van der Waals surface area contributed by atoms with Gasteiger partial charge in [-0.3, -0.25) is 4.79 Å². The van der Waals surface area contributed by atoms with Crippen LogP contribution in [-0.2, 0) is 9.53 Å². The largest absolute Gasteiger partial charge is 0.481 e. The van der Waals surface area contributed by atoms with E-state index in [0.717, 1.165) is 0 Å². The molecule has 0 aromatic carbocycles. The van der Waals surface area contributed by atoms with E-state index in [9.17, 15) is 9.59 Å². The molecule has 0 unspecified atom stereocenters. The van der Waals surface area contributed by atoms with Gasteiger partial charge in [-0.1, -0.05) is 0 Å². The van der Waals surface area contributed by atoms with Gasteiger partial charge in [-0.15, -0.1) is 0 Å². The molecule has 0 aromatic rings. The number of nitrogens with one attached hydrogen (secondary N) is 2. The molecule has 3 N–H and O–H groups in total. The number of carbonyl (C=O) groups is 2. The molecule has 0 aliphatic carbocycles. The van der Waals surface area contributed by atoms with Crippen molar-refractivity contribution in [2.24, 2.45) is 0 Å². The monoisotopic (exact) mass is 230 g/mol. The highest BCUT2D eigenvalue weighted by Crippen LogP contribution is 2.17. The van der Waals surface area contributed by atoms with E-state index >= 15 is 0 Å². The molecule has 0 radical (unpaired) electrons. The Morgan fingerprint density at radius 3 is 2.31 bits per heavy atom. The average molecular weight is 230 g/mol. The molecule has 0 atom stereocenters. The molecule has 1 aliphatic rings. The highest BCUT2D eigenvalue weighted by Gasteiger charge is 2.41. The smallest absolute Gasteiger partial charge is 0.408 e. The second-order valence-corrected chi connectivity index (χ2v) is 5.08. The minimum absolute atomic E-state index is 0.0980. The first kappa shape index (κ1) is 12.8. The van der Waals surface area contributed by atoms with Crippen molar-refractivity contribution in [3.8, 4) is 0 Å². The number of carboxylic acids is 1. The second-order valence-electron chi connectivity index (χ2n) is 5.08. The molecule has 0 bridgehead atoms. The molecule has 1 fully saturated rings. The number of carbonyl (C=O) groups excluding carboxylic acids is 1. The summed E-state index contributed by atoms with van der Waals surface area (Å²) in [6.07, 6.45) is -0.672. The Morgan fingerprint density at radius 1 is 1.44 bits per heavy atom. The van der Waals surface area contributed by atoms with Crippen molar-refractivity contribution in [3.05, 3.63) is 0 Å². The second kappa shape index (κ2) is 4.29. The topological polar surface area (TPSA) is 87.7 Å². The fourth-order valence-electron chi connectivity index (χ4n) is 1.49. The van der Waals surface area contributed by atoms with Crippen molar-refractivity contribution in [2.45, 2.75) is 38.3 Å². The first-order chi connectivity index (χ1) is 7.22. The molecule has 6 heteroatoms. The number of hydrogen-bond acceptors (Lipinski definition) is 4. The molecule has 0 spiro atoms. The summed E-state index contributed by atoms with van der Waals surface area (Å²) in [6, 6.07) is 0. The van der Waals surface area contributed by atoms with Crippen LogP contribution in [0, 0.1) is 0 Å². The number of carboxylic acid groups (broad SMARTS) is 1. The summed E-state index contributed by atoms with van der Waals surface area (Å²) in [7, 11) is 0. The molecule has 92 valence electrons. The lowest BCUT2D eigenvalue weighted by molar-refractivity contribution is -0.139. The average Bonchev–Trinajstić information content (AvgIpc) is 1.95. The van der Waals surface area contributed by atoms with E-state index in [-0.39, 0.29) is 6.42 Å². The molecule has 1 saturated heterocycles. The van der Waals surface area contributed by atoms with E-state index in [1.807, 2.05) is 0 Å². The normalized spacial score (nSPS) is 18.4. The van der Waals surface area contributed by atoms with Gasteiger partial charge >= 0.3 is 12.1 Å². The van der Waals surface area contributed by atoms with Crippen molar-refractivity contribution in [1.29, 1.82) is 0 Å². The van der Waals surface area contributed by atoms with Crippen LogP contribution in [0.5, 0.6) is 0 Å². The molecule has 1 amide bonds. The van der Waals surface area contributed by atoms with Crippen molar-refractivity contribution >= 4 is 12.1 Å². The van der Waals surface area contributed by atoms with Crippen LogP contribution >= 0.6 is 0 Å². The lowest BCUT2D eigenvalue weighted by Gasteiger charge is -2.42. The zero-order valence-corrected chi connectivity index (χ0v) is 9.79. The fraction of sp³-hybridized carbons (Fsp3) is 0.800. The van der Waals surface area contributed by atoms with E-state index in [4.69, 9.17) is 9.84 Å². The summed E-state index contributed by atoms with van der Waals surface area (Å²) < 4.78 is 5.08. The lowest BCUT2D eigenvalue weighted by atomic mass is 9.89. The number of aliphatic carboxylic acids is 1. The van der Waals surface area contributed by atoms with Gasteiger partial charge in [0, 0.05) is 13.1 Å². The maximum atomic E-state index is 11.5. The van der Waals surface area contributed by atoms with Crippen LogP contribution in [0.2, 0.25) is 0 Å². The van der Waals surface area contributed by atoms with Gasteiger partial charge in [0.05, 0.1) is 12.0 Å². The van der Waals surface area contributed by atoms with Gasteiger partial charge in [-0.25, -0.2) is 4.79 Å². The minimum atomic E-state index is -0.933. The number of ether oxygens (including phenoxy) is 1. The van der Waals surface area contributed by atoms with Crippen molar-refractivity contribution < 1.29 is 19.4 Å². The van der Waals surface area contributed by atoms with Crippen LogP contribution in [-0.4, -0.2) is 41.4 Å². The first-order valence-corrected chi connectivity index (χ1v) is 5.16. The number of rotatable bonds is 3. The molecule has 1 rings (SSSR count). The van der Waals surface area contributed by atoms with Gasteiger partial charge in [0.1, 0.15) is 5.60 Å². The Morgan fingerprint density at radius 2 is 2.00 bits per heavy atom. The molecule has 0 saturated carbocycles. The van der Waals surface area contributed by atoms with Crippen LogP contribution in [0.3, 0.4) is 0 Å². The van der Waals surface area contributed by atoms with Crippen LogP contribution in [0.15, 0.2) is 0 Å². The Bertz CT molecular complexity index is 292. The maximum absolute atomic E-state index is 11.5. The predicted molar refractivity (Wildman–Crippen MR) is 57.2 cm³/mol. The molecular weight excluding hydrogens is 212 g/mol. The number of alkyl carbamates (subject to hydrolysis) is 1. The van der Waals surface area contributed by atoms with Gasteiger partial charge < -0.3 is 20.5 Å². The van der Waals surface area contributed by atoms with Crippen molar-refractivity contribution in [3.63, 3.8) is 0 Å². The van der Waals surface area contributed by atoms with Gasteiger partial charge in [-0.2, -0.15) is 0 Å². The number of hydrogen-bond donors (Lipinski definition) is 3. The third-order valence-corrected chi connectivity index (χ3v) is 2.18. The van der Waals surface area contributed by atoms with E-state index < -0.39 is 23.2 Å². The van der Waals surface area contributed by atoms with Crippen molar-refractivity contribution in [1.82, 2.24) is 10.6 Å². The molecule has 1 heterocycles. The van der Waals surface area contributed by atoms with Gasteiger partial charge in [0.25, 0.3) is 0 Å². The summed E-state index contributed by atoms with van der Waals surface area (Å²) in [6.45, 7) is 6.19. The van der Waals surface area contributed by atoms with E-state index in [1.165, 1.54) is 0 Å². The summed E-state index contributed by atoms with van der Waals surface area (Å²) in [4.78, 5) is 22.1. The Balaban J connectivity index is 2.50. The Labute approximate surface area is 94.3 Å². The minimum Gasteiger partial charge on any atom is -0.481 e. The standard InChI is InChI=1S/C10H18N2O4/c1-9(2,3)16-8(15)12-10(4-7(13)14)5-11-6-10/h11H,4-6H2,1-3H3,(H,12,15)(H,13,14). The summed E-state index contributed by atoms with van der Waals surface area (Å²) in [5.74, 6) is -0.933. The van der Waals surface area contributed by atoms with Gasteiger partial charge in [0.15, 0.2) is 0 Å². The summed E-state index contributed by atoms with van der Waals surface area (Å²) >= 11 is 0. The van der Waals surface area contributed by atoms with Crippen LogP contribution in [0.4, 0.5) is 4.79 Å². The zero-order valence-electron chi connectivity index (χ0n) is 9.79. The van der Waals surface area contributed by atoms with Crippen LogP contribution in [0.1, 0.15) is 27.2 Å². The highest BCUT2D eigenvalue weighted by molar-refractivity contribution is 5.73. The lowest BCUT2D eigenvalue weighted by Crippen LogP contribution is -2.69. The quantitative estimate of drug-likeness (QED) is 0.650. The third-order valence-electron chi connectivity index (χ3n) is 2.18. The zero-order chi connectivity index (χ0) is 12.4. The van der Waals surface area contributed by atoms with E-state index in [2.05, 4.69) is 10.6 Å².